The normalized spacial score (nSPS) is 21.4. The maximum atomic E-state index is 11.7. The minimum atomic E-state index is -0.435. The smallest absolute Gasteiger partial charge is 0.321 e. The van der Waals surface area contributed by atoms with Crippen molar-refractivity contribution in [1.29, 1.82) is 0 Å². The minimum absolute atomic E-state index is 0.259. The van der Waals surface area contributed by atoms with Crippen LogP contribution in [0.4, 0.5) is 4.79 Å². The standard InChI is InChI=1S/C12H24N4O2/c1-9-7-13-5-6-16(9)8-10(17)14-11(18)15-12(2,3)4/h9,13H,5-8H2,1-4H3,(H2,14,15,17,18)/t9-/m0/s1. The van der Waals surface area contributed by atoms with Gasteiger partial charge in [0.1, 0.15) is 0 Å². The fourth-order valence-corrected chi connectivity index (χ4v) is 1.84. The van der Waals surface area contributed by atoms with Gasteiger partial charge in [0.15, 0.2) is 0 Å². The van der Waals surface area contributed by atoms with Crippen LogP contribution in [0.25, 0.3) is 0 Å². The molecule has 1 rings (SSSR count). The summed E-state index contributed by atoms with van der Waals surface area (Å²) in [7, 11) is 0. The molecule has 1 saturated heterocycles. The third-order valence-electron chi connectivity index (χ3n) is 2.73. The number of piperazine rings is 1. The molecule has 18 heavy (non-hydrogen) atoms. The van der Waals surface area contributed by atoms with E-state index in [0.29, 0.717) is 6.04 Å². The molecular formula is C12H24N4O2. The number of nitrogens with zero attached hydrogens (tertiary/aromatic N) is 1. The predicted octanol–water partition coefficient (Wildman–Crippen LogP) is -0.0956. The lowest BCUT2D eigenvalue weighted by Crippen LogP contribution is -2.55. The highest BCUT2D eigenvalue weighted by atomic mass is 16.2. The molecule has 0 aromatic carbocycles. The molecule has 104 valence electrons. The van der Waals surface area contributed by atoms with Gasteiger partial charge in [0.05, 0.1) is 6.54 Å². The molecule has 6 nitrogen and oxygen atoms in total. The van der Waals surface area contributed by atoms with Gasteiger partial charge in [0, 0.05) is 31.2 Å². The van der Waals surface area contributed by atoms with Gasteiger partial charge in [0.25, 0.3) is 0 Å². The molecular weight excluding hydrogens is 232 g/mol. The van der Waals surface area contributed by atoms with Gasteiger partial charge < -0.3 is 10.6 Å². The lowest BCUT2D eigenvalue weighted by atomic mass is 10.1. The van der Waals surface area contributed by atoms with Crippen LogP contribution in [0.1, 0.15) is 27.7 Å². The van der Waals surface area contributed by atoms with Gasteiger partial charge >= 0.3 is 6.03 Å². The van der Waals surface area contributed by atoms with E-state index in [1.54, 1.807) is 0 Å². The van der Waals surface area contributed by atoms with Crippen LogP contribution in [0.3, 0.4) is 0 Å². The van der Waals surface area contributed by atoms with E-state index in [9.17, 15) is 9.59 Å². The Morgan fingerprint density at radius 1 is 1.39 bits per heavy atom. The summed E-state index contributed by atoms with van der Waals surface area (Å²) in [5.74, 6) is -0.259. The molecule has 0 bridgehead atoms. The number of carbonyl (C=O) groups excluding carboxylic acids is 2. The molecule has 0 aliphatic carbocycles. The minimum Gasteiger partial charge on any atom is -0.333 e. The van der Waals surface area contributed by atoms with Crippen LogP contribution in [0.15, 0.2) is 0 Å². The van der Waals surface area contributed by atoms with E-state index in [0.717, 1.165) is 19.6 Å². The van der Waals surface area contributed by atoms with Crippen LogP contribution < -0.4 is 16.0 Å². The maximum Gasteiger partial charge on any atom is 0.321 e. The average Bonchev–Trinajstić information content (AvgIpc) is 2.18. The second-order valence-electron chi connectivity index (χ2n) is 5.78. The Morgan fingerprint density at radius 2 is 2.06 bits per heavy atom. The van der Waals surface area contributed by atoms with Crippen molar-refractivity contribution in [3.8, 4) is 0 Å². The van der Waals surface area contributed by atoms with Crippen LogP contribution in [-0.4, -0.2) is 54.6 Å². The summed E-state index contributed by atoms with van der Waals surface area (Å²) in [6, 6.07) is -0.120. The Bertz CT molecular complexity index is 312. The fraction of sp³-hybridized carbons (Fsp3) is 0.833. The molecule has 3 amide bonds. The Balaban J connectivity index is 2.34. The van der Waals surface area contributed by atoms with Crippen LogP contribution in [0.5, 0.6) is 0 Å². The molecule has 3 N–H and O–H groups in total. The monoisotopic (exact) mass is 256 g/mol. The molecule has 0 saturated carbocycles. The number of carbonyl (C=O) groups is 2. The van der Waals surface area contributed by atoms with Crippen LogP contribution >= 0.6 is 0 Å². The Labute approximate surface area is 108 Å². The molecule has 0 aromatic rings. The highest BCUT2D eigenvalue weighted by Gasteiger charge is 2.22. The van der Waals surface area contributed by atoms with Gasteiger partial charge in [-0.15, -0.1) is 0 Å². The number of nitrogens with one attached hydrogen (secondary N) is 3. The first-order chi connectivity index (χ1) is 8.28. The van der Waals surface area contributed by atoms with E-state index in [4.69, 9.17) is 0 Å². The number of rotatable bonds is 2. The highest BCUT2D eigenvalue weighted by Crippen LogP contribution is 2.01. The molecule has 0 radical (unpaired) electrons. The SMILES string of the molecule is C[C@H]1CNCCN1CC(=O)NC(=O)NC(C)(C)C. The summed E-state index contributed by atoms with van der Waals surface area (Å²) in [6.07, 6.45) is 0. The lowest BCUT2D eigenvalue weighted by Gasteiger charge is -2.33. The molecule has 1 heterocycles. The van der Waals surface area contributed by atoms with Crippen molar-refractivity contribution >= 4 is 11.9 Å². The Hall–Kier alpha value is -1.14. The number of hydrogen-bond donors (Lipinski definition) is 3. The van der Waals surface area contributed by atoms with Crippen molar-refractivity contribution < 1.29 is 9.59 Å². The zero-order valence-corrected chi connectivity index (χ0v) is 11.7. The molecule has 1 fully saturated rings. The maximum absolute atomic E-state index is 11.7. The Kier molecular flexibility index (Phi) is 5.10. The summed E-state index contributed by atoms with van der Waals surface area (Å²) in [4.78, 5) is 25.3. The van der Waals surface area contributed by atoms with Crippen molar-refractivity contribution in [2.24, 2.45) is 0 Å². The molecule has 0 spiro atoms. The third-order valence-corrected chi connectivity index (χ3v) is 2.73. The van der Waals surface area contributed by atoms with E-state index in [1.807, 2.05) is 20.8 Å². The summed E-state index contributed by atoms with van der Waals surface area (Å²) >= 11 is 0. The molecule has 0 unspecified atom stereocenters. The summed E-state index contributed by atoms with van der Waals surface area (Å²) in [5, 5.41) is 8.31. The molecule has 0 aromatic heterocycles. The van der Waals surface area contributed by atoms with Gasteiger partial charge in [0.2, 0.25) is 5.91 Å². The van der Waals surface area contributed by atoms with Crippen LogP contribution in [0, 0.1) is 0 Å². The molecule has 1 aliphatic rings. The number of urea groups is 1. The van der Waals surface area contributed by atoms with Crippen molar-refractivity contribution in [2.75, 3.05) is 26.2 Å². The summed E-state index contributed by atoms with van der Waals surface area (Å²) in [5.41, 5.74) is -0.341. The van der Waals surface area contributed by atoms with Crippen LogP contribution in [0.2, 0.25) is 0 Å². The third kappa shape index (κ3) is 5.46. The van der Waals surface area contributed by atoms with E-state index in [2.05, 4.69) is 27.8 Å². The lowest BCUT2D eigenvalue weighted by molar-refractivity contribution is -0.121. The highest BCUT2D eigenvalue weighted by molar-refractivity contribution is 5.95. The van der Waals surface area contributed by atoms with Gasteiger partial charge in [-0.25, -0.2) is 4.79 Å². The average molecular weight is 256 g/mol. The van der Waals surface area contributed by atoms with Crippen LogP contribution in [-0.2, 0) is 4.79 Å². The first-order valence-electron chi connectivity index (χ1n) is 6.35. The van der Waals surface area contributed by atoms with E-state index in [1.165, 1.54) is 0 Å². The van der Waals surface area contributed by atoms with Gasteiger partial charge in [-0.3, -0.25) is 15.0 Å². The largest absolute Gasteiger partial charge is 0.333 e. The first kappa shape index (κ1) is 14.9. The van der Waals surface area contributed by atoms with Gasteiger partial charge in [-0.2, -0.15) is 0 Å². The number of imide groups is 1. The zero-order valence-electron chi connectivity index (χ0n) is 11.7. The molecule has 1 atom stereocenters. The van der Waals surface area contributed by atoms with Crippen molar-refractivity contribution in [3.63, 3.8) is 0 Å². The Morgan fingerprint density at radius 3 is 2.61 bits per heavy atom. The van der Waals surface area contributed by atoms with E-state index in [-0.39, 0.29) is 18.0 Å². The van der Waals surface area contributed by atoms with E-state index >= 15 is 0 Å². The number of hydrogen-bond acceptors (Lipinski definition) is 4. The molecule has 6 heteroatoms. The van der Waals surface area contributed by atoms with Crippen molar-refractivity contribution in [1.82, 2.24) is 20.9 Å². The first-order valence-corrected chi connectivity index (χ1v) is 6.35. The molecule has 1 aliphatic heterocycles. The quantitative estimate of drug-likeness (QED) is 0.645. The summed E-state index contributed by atoms with van der Waals surface area (Å²) < 4.78 is 0. The van der Waals surface area contributed by atoms with E-state index < -0.39 is 6.03 Å². The number of amides is 3. The predicted molar refractivity (Wildman–Crippen MR) is 70.3 cm³/mol. The van der Waals surface area contributed by atoms with Crippen molar-refractivity contribution in [2.45, 2.75) is 39.3 Å². The summed E-state index contributed by atoms with van der Waals surface area (Å²) in [6.45, 7) is 10.5. The topological polar surface area (TPSA) is 73.5 Å². The second-order valence-corrected chi connectivity index (χ2v) is 5.78. The fourth-order valence-electron chi connectivity index (χ4n) is 1.84. The van der Waals surface area contributed by atoms with Crippen molar-refractivity contribution in [3.05, 3.63) is 0 Å². The van der Waals surface area contributed by atoms with Gasteiger partial charge in [-0.05, 0) is 27.7 Å². The zero-order chi connectivity index (χ0) is 13.8. The van der Waals surface area contributed by atoms with Gasteiger partial charge in [-0.1, -0.05) is 0 Å². The second kappa shape index (κ2) is 6.15.